The van der Waals surface area contributed by atoms with Crippen LogP contribution >= 0.6 is 0 Å². The molecule has 0 aromatic carbocycles. The zero-order valence-corrected chi connectivity index (χ0v) is 11.3. The Hall–Kier alpha value is -1.62. The molecule has 0 bridgehead atoms. The first-order valence-corrected chi connectivity index (χ1v) is 6.95. The minimum absolute atomic E-state index is 0.0246. The van der Waals surface area contributed by atoms with Gasteiger partial charge in [-0.3, -0.25) is 4.79 Å². The zero-order chi connectivity index (χ0) is 13.5. The average Bonchev–Trinajstić information content (AvgIpc) is 2.46. The summed E-state index contributed by atoms with van der Waals surface area (Å²) in [5, 5.41) is 7.41. The van der Waals surface area contributed by atoms with Crippen LogP contribution in [0.25, 0.3) is 0 Å². The van der Waals surface area contributed by atoms with Crippen LogP contribution in [0.2, 0.25) is 0 Å². The van der Waals surface area contributed by atoms with Crippen molar-refractivity contribution in [2.45, 2.75) is 25.8 Å². The van der Waals surface area contributed by atoms with Crippen molar-refractivity contribution < 1.29 is 0 Å². The predicted octanol–water partition coefficient (Wildman–Crippen LogP) is 1.01. The number of nitrogens with one attached hydrogen (secondary N) is 1. The Balaban J connectivity index is 1.96. The molecule has 1 aliphatic rings. The molecule has 2 rings (SSSR count). The molecule has 0 atom stereocenters. The van der Waals surface area contributed by atoms with Gasteiger partial charge in [0.05, 0.1) is 18.4 Å². The lowest BCUT2D eigenvalue weighted by molar-refractivity contribution is 0.539. The van der Waals surface area contributed by atoms with Gasteiger partial charge in [0, 0.05) is 32.2 Å². The van der Waals surface area contributed by atoms with Gasteiger partial charge < -0.3 is 10.2 Å². The maximum Gasteiger partial charge on any atom is 0.268 e. The fourth-order valence-electron chi connectivity index (χ4n) is 2.31. The van der Waals surface area contributed by atoms with E-state index in [-0.39, 0.29) is 5.56 Å². The summed E-state index contributed by atoms with van der Waals surface area (Å²) in [6.45, 7) is 7.77. The monoisotopic (exact) mass is 262 g/mol. The number of rotatable bonds is 6. The van der Waals surface area contributed by atoms with E-state index in [0.717, 1.165) is 31.9 Å². The lowest BCUT2D eigenvalue weighted by Crippen LogP contribution is -2.33. The molecule has 1 aromatic heterocycles. The van der Waals surface area contributed by atoms with Gasteiger partial charge in [-0.25, -0.2) is 4.68 Å². The molecule has 104 valence electrons. The second-order valence-corrected chi connectivity index (χ2v) is 4.82. The fraction of sp³-hybridized carbons (Fsp3) is 0.571. The van der Waals surface area contributed by atoms with E-state index in [1.165, 1.54) is 23.9 Å². The van der Waals surface area contributed by atoms with Crippen molar-refractivity contribution in [3.8, 4) is 0 Å². The van der Waals surface area contributed by atoms with Crippen LogP contribution in [0.4, 0.5) is 5.69 Å². The molecule has 0 unspecified atom stereocenters. The van der Waals surface area contributed by atoms with Crippen LogP contribution in [0.15, 0.2) is 29.7 Å². The molecule has 5 nitrogen and oxygen atoms in total. The fourth-order valence-corrected chi connectivity index (χ4v) is 2.31. The summed E-state index contributed by atoms with van der Waals surface area (Å²) >= 11 is 0. The molecule has 1 aliphatic heterocycles. The van der Waals surface area contributed by atoms with Crippen LogP contribution in [0.1, 0.15) is 19.3 Å². The third kappa shape index (κ3) is 3.92. The van der Waals surface area contributed by atoms with Gasteiger partial charge in [0.1, 0.15) is 0 Å². The summed E-state index contributed by atoms with van der Waals surface area (Å²) in [7, 11) is 0. The third-order valence-electron chi connectivity index (χ3n) is 3.37. The SMILES string of the molecule is C=CCNCCn1ncc(N2CCCCC2)cc1=O. The first-order chi connectivity index (χ1) is 9.31. The van der Waals surface area contributed by atoms with Crippen molar-refractivity contribution in [1.29, 1.82) is 0 Å². The van der Waals surface area contributed by atoms with E-state index in [0.29, 0.717) is 6.54 Å². The van der Waals surface area contributed by atoms with Crippen LogP contribution in [-0.4, -0.2) is 36.0 Å². The summed E-state index contributed by atoms with van der Waals surface area (Å²) in [4.78, 5) is 14.2. The van der Waals surface area contributed by atoms with E-state index >= 15 is 0 Å². The molecule has 1 aromatic rings. The van der Waals surface area contributed by atoms with Gasteiger partial charge in [-0.2, -0.15) is 5.10 Å². The highest BCUT2D eigenvalue weighted by atomic mass is 16.1. The Kier molecular flexibility index (Phi) is 5.15. The van der Waals surface area contributed by atoms with Crippen LogP contribution in [0, 0.1) is 0 Å². The number of hydrogen-bond donors (Lipinski definition) is 1. The molecule has 1 saturated heterocycles. The minimum Gasteiger partial charge on any atom is -0.370 e. The minimum atomic E-state index is -0.0246. The molecule has 19 heavy (non-hydrogen) atoms. The smallest absolute Gasteiger partial charge is 0.268 e. The van der Waals surface area contributed by atoms with Crippen molar-refractivity contribution in [3.63, 3.8) is 0 Å². The van der Waals surface area contributed by atoms with E-state index in [1.54, 1.807) is 18.3 Å². The molecule has 0 aliphatic carbocycles. The molecule has 5 heteroatoms. The largest absolute Gasteiger partial charge is 0.370 e. The Labute approximate surface area is 113 Å². The first-order valence-electron chi connectivity index (χ1n) is 6.95. The maximum absolute atomic E-state index is 12.0. The molecule has 0 radical (unpaired) electrons. The van der Waals surface area contributed by atoms with Gasteiger partial charge in [-0.05, 0) is 19.3 Å². The van der Waals surface area contributed by atoms with Gasteiger partial charge in [0.2, 0.25) is 0 Å². The lowest BCUT2D eigenvalue weighted by Gasteiger charge is -2.28. The Morgan fingerprint density at radius 1 is 1.37 bits per heavy atom. The van der Waals surface area contributed by atoms with Crippen LogP contribution in [-0.2, 0) is 6.54 Å². The summed E-state index contributed by atoms with van der Waals surface area (Å²) in [5.74, 6) is 0. The normalized spacial score (nSPS) is 15.5. The molecular weight excluding hydrogens is 240 g/mol. The lowest BCUT2D eigenvalue weighted by atomic mass is 10.1. The van der Waals surface area contributed by atoms with Gasteiger partial charge in [-0.15, -0.1) is 6.58 Å². The maximum atomic E-state index is 12.0. The predicted molar refractivity (Wildman–Crippen MR) is 77.6 cm³/mol. The summed E-state index contributed by atoms with van der Waals surface area (Å²) < 4.78 is 1.50. The van der Waals surface area contributed by atoms with Gasteiger partial charge in [0.15, 0.2) is 0 Å². The topological polar surface area (TPSA) is 50.2 Å². The van der Waals surface area contributed by atoms with Crippen molar-refractivity contribution in [3.05, 3.63) is 35.3 Å². The molecule has 1 N–H and O–H groups in total. The third-order valence-corrected chi connectivity index (χ3v) is 3.37. The van der Waals surface area contributed by atoms with Crippen molar-refractivity contribution in [2.24, 2.45) is 0 Å². The van der Waals surface area contributed by atoms with Crippen LogP contribution in [0.3, 0.4) is 0 Å². The highest BCUT2D eigenvalue weighted by Crippen LogP contribution is 2.16. The van der Waals surface area contributed by atoms with E-state index in [4.69, 9.17) is 0 Å². The van der Waals surface area contributed by atoms with Gasteiger partial charge in [0.25, 0.3) is 5.56 Å². The van der Waals surface area contributed by atoms with E-state index in [9.17, 15) is 4.79 Å². The Bertz CT molecular complexity index is 463. The Morgan fingerprint density at radius 2 is 2.16 bits per heavy atom. The number of aromatic nitrogens is 2. The Morgan fingerprint density at radius 3 is 2.84 bits per heavy atom. The van der Waals surface area contributed by atoms with E-state index in [2.05, 4.69) is 21.9 Å². The van der Waals surface area contributed by atoms with E-state index in [1.807, 2.05) is 0 Å². The van der Waals surface area contributed by atoms with Crippen molar-refractivity contribution in [1.82, 2.24) is 15.1 Å². The average molecular weight is 262 g/mol. The first kappa shape index (κ1) is 13.8. The highest BCUT2D eigenvalue weighted by Gasteiger charge is 2.12. The van der Waals surface area contributed by atoms with Crippen LogP contribution in [0.5, 0.6) is 0 Å². The van der Waals surface area contributed by atoms with Crippen LogP contribution < -0.4 is 15.8 Å². The van der Waals surface area contributed by atoms with Gasteiger partial charge >= 0.3 is 0 Å². The number of hydrogen-bond acceptors (Lipinski definition) is 4. The summed E-state index contributed by atoms with van der Waals surface area (Å²) in [5.41, 5.74) is 0.934. The molecule has 0 spiro atoms. The molecular formula is C14H22N4O. The summed E-state index contributed by atoms with van der Waals surface area (Å²) in [6.07, 6.45) is 7.30. The standard InChI is InChI=1S/C14H22N4O/c1-2-6-15-7-10-18-14(19)11-13(12-16-18)17-8-4-3-5-9-17/h2,11-12,15H,1,3-10H2. The number of anilines is 1. The van der Waals surface area contributed by atoms with Crippen molar-refractivity contribution in [2.75, 3.05) is 31.1 Å². The molecule has 0 amide bonds. The molecule has 2 heterocycles. The second-order valence-electron chi connectivity index (χ2n) is 4.82. The van der Waals surface area contributed by atoms with Gasteiger partial charge in [-0.1, -0.05) is 6.08 Å². The molecule has 1 fully saturated rings. The number of nitrogens with zero attached hydrogens (tertiary/aromatic N) is 3. The zero-order valence-electron chi connectivity index (χ0n) is 11.3. The number of piperidine rings is 1. The quantitative estimate of drug-likeness (QED) is 0.614. The highest BCUT2D eigenvalue weighted by molar-refractivity contribution is 5.43. The second kappa shape index (κ2) is 7.09. The van der Waals surface area contributed by atoms with Crippen molar-refractivity contribution >= 4 is 5.69 Å². The summed E-state index contributed by atoms with van der Waals surface area (Å²) in [6, 6.07) is 1.70. The molecule has 0 saturated carbocycles. The van der Waals surface area contributed by atoms with E-state index < -0.39 is 0 Å².